The van der Waals surface area contributed by atoms with E-state index in [-0.39, 0.29) is 22.8 Å². The highest BCUT2D eigenvalue weighted by atomic mass is 32.2. The minimum atomic E-state index is -3.03. The standard InChI is InChI=1S/C16H19F2N5O3S.C2H6/c1-9-8-23(3-4-25-9)13-6-11(21-16(22-13)27(2)24)10-5-12(26-15(17)18)14(19)20-7-10;1-2/h5-7,9,15H,3-4,8H2,1-2H3,(H2,19,20);1-2H3. The third-order valence-corrected chi connectivity index (χ3v) is 4.60. The van der Waals surface area contributed by atoms with Gasteiger partial charge in [0.2, 0.25) is 5.16 Å². The molecule has 2 unspecified atom stereocenters. The first-order chi connectivity index (χ1) is 13.8. The number of nitrogens with two attached hydrogens (primary N) is 1. The number of hydrogen-bond acceptors (Lipinski definition) is 8. The van der Waals surface area contributed by atoms with Crippen LogP contribution in [-0.2, 0) is 15.5 Å². The van der Waals surface area contributed by atoms with Crippen molar-refractivity contribution in [3.8, 4) is 17.0 Å². The number of morpholine rings is 1. The molecular formula is C18H25F2N5O3S. The summed E-state index contributed by atoms with van der Waals surface area (Å²) in [6.45, 7) is 4.70. The van der Waals surface area contributed by atoms with Crippen molar-refractivity contribution in [1.29, 1.82) is 0 Å². The Labute approximate surface area is 170 Å². The van der Waals surface area contributed by atoms with Gasteiger partial charge in [0.25, 0.3) is 0 Å². The highest BCUT2D eigenvalue weighted by Crippen LogP contribution is 2.29. The van der Waals surface area contributed by atoms with Crippen LogP contribution in [0.2, 0.25) is 0 Å². The predicted octanol–water partition coefficient (Wildman–Crippen LogP) is 2.71. The molecule has 3 heterocycles. The Morgan fingerprint density at radius 2 is 2.07 bits per heavy atom. The zero-order chi connectivity index (χ0) is 21.6. The van der Waals surface area contributed by atoms with Gasteiger partial charge in [0, 0.05) is 37.2 Å². The van der Waals surface area contributed by atoms with Crippen LogP contribution in [0.1, 0.15) is 20.8 Å². The van der Waals surface area contributed by atoms with E-state index in [2.05, 4.69) is 19.7 Å². The van der Waals surface area contributed by atoms with Crippen LogP contribution in [0, 0.1) is 0 Å². The number of anilines is 2. The molecule has 0 aromatic carbocycles. The summed E-state index contributed by atoms with van der Waals surface area (Å²) in [4.78, 5) is 14.5. The fraction of sp³-hybridized carbons (Fsp3) is 0.500. The average molecular weight is 429 g/mol. The first-order valence-corrected chi connectivity index (χ1v) is 10.7. The molecule has 11 heteroatoms. The van der Waals surface area contributed by atoms with Crippen LogP contribution < -0.4 is 15.4 Å². The van der Waals surface area contributed by atoms with Crippen LogP contribution in [0.15, 0.2) is 23.5 Å². The topological polar surface area (TPSA) is 103 Å². The quantitative estimate of drug-likeness (QED) is 0.724. The number of halogens is 2. The highest BCUT2D eigenvalue weighted by Gasteiger charge is 2.21. The van der Waals surface area contributed by atoms with E-state index >= 15 is 0 Å². The largest absolute Gasteiger partial charge is 0.431 e. The van der Waals surface area contributed by atoms with Gasteiger partial charge in [-0.1, -0.05) is 13.8 Å². The lowest BCUT2D eigenvalue weighted by Gasteiger charge is -2.32. The summed E-state index contributed by atoms with van der Waals surface area (Å²) in [6, 6.07) is 3.01. The van der Waals surface area contributed by atoms with Gasteiger partial charge in [0.05, 0.1) is 29.2 Å². The average Bonchev–Trinajstić information content (AvgIpc) is 2.70. The van der Waals surface area contributed by atoms with Crippen molar-refractivity contribution in [2.24, 2.45) is 0 Å². The van der Waals surface area contributed by atoms with E-state index in [1.165, 1.54) is 18.5 Å². The molecule has 1 aliphatic rings. The number of ether oxygens (including phenoxy) is 2. The van der Waals surface area contributed by atoms with Crippen LogP contribution in [0.4, 0.5) is 20.4 Å². The Balaban J connectivity index is 0.00000145. The van der Waals surface area contributed by atoms with Crippen molar-refractivity contribution in [1.82, 2.24) is 15.0 Å². The zero-order valence-electron chi connectivity index (χ0n) is 16.8. The highest BCUT2D eigenvalue weighted by molar-refractivity contribution is 7.84. The van der Waals surface area contributed by atoms with Gasteiger partial charge in [-0.15, -0.1) is 0 Å². The minimum Gasteiger partial charge on any atom is -0.431 e. The summed E-state index contributed by atoms with van der Waals surface area (Å²) in [7, 11) is -1.43. The van der Waals surface area contributed by atoms with E-state index in [9.17, 15) is 13.0 Å². The number of rotatable bonds is 5. The molecule has 1 aliphatic heterocycles. The Bertz CT molecular complexity index is 856. The number of nitrogens with zero attached hydrogens (tertiary/aromatic N) is 4. The summed E-state index contributed by atoms with van der Waals surface area (Å²) in [5.74, 6) is 0.171. The molecule has 2 atom stereocenters. The minimum absolute atomic E-state index is 0.0250. The number of nitrogen functional groups attached to an aromatic ring is 1. The molecule has 1 saturated heterocycles. The lowest BCUT2D eigenvalue weighted by molar-refractivity contribution is -0.0494. The van der Waals surface area contributed by atoms with Gasteiger partial charge in [-0.3, -0.25) is 4.21 Å². The molecule has 0 spiro atoms. The van der Waals surface area contributed by atoms with Crippen molar-refractivity contribution in [2.45, 2.75) is 38.6 Å². The molecule has 0 aliphatic carbocycles. The van der Waals surface area contributed by atoms with Crippen molar-refractivity contribution < 1.29 is 22.5 Å². The molecule has 3 rings (SSSR count). The van der Waals surface area contributed by atoms with E-state index in [1.54, 1.807) is 6.07 Å². The van der Waals surface area contributed by atoms with E-state index in [1.807, 2.05) is 25.7 Å². The number of hydrogen-bond donors (Lipinski definition) is 1. The molecule has 2 N–H and O–H groups in total. The molecule has 8 nitrogen and oxygen atoms in total. The first-order valence-electron chi connectivity index (χ1n) is 9.13. The maximum atomic E-state index is 12.6. The maximum absolute atomic E-state index is 12.6. The normalized spacial score (nSPS) is 17.5. The SMILES string of the molecule is CC.CC1CN(c2cc(-c3cnc(N)c(OC(F)F)c3)nc(S(C)=O)n2)CCO1. The van der Waals surface area contributed by atoms with E-state index in [4.69, 9.17) is 10.5 Å². The molecule has 29 heavy (non-hydrogen) atoms. The molecule has 0 bridgehead atoms. The summed E-state index contributed by atoms with van der Waals surface area (Å²) in [5, 5.41) is 0.134. The van der Waals surface area contributed by atoms with Gasteiger partial charge in [-0.2, -0.15) is 8.78 Å². The van der Waals surface area contributed by atoms with Crippen molar-refractivity contribution in [3.63, 3.8) is 0 Å². The summed E-state index contributed by atoms with van der Waals surface area (Å²) in [6.07, 6.45) is 2.89. The molecule has 2 aromatic rings. The van der Waals surface area contributed by atoms with Gasteiger partial charge < -0.3 is 20.1 Å². The number of aromatic nitrogens is 3. The Kier molecular flexibility index (Phi) is 8.21. The fourth-order valence-corrected chi connectivity index (χ4v) is 3.11. The third-order valence-electron chi connectivity index (χ3n) is 3.91. The van der Waals surface area contributed by atoms with Crippen molar-refractivity contribution >= 4 is 22.4 Å². The van der Waals surface area contributed by atoms with Gasteiger partial charge in [-0.05, 0) is 13.0 Å². The smallest absolute Gasteiger partial charge is 0.387 e. The third kappa shape index (κ3) is 6.04. The molecule has 0 saturated carbocycles. The van der Waals surface area contributed by atoms with E-state index in [0.29, 0.717) is 36.8 Å². The zero-order valence-corrected chi connectivity index (χ0v) is 17.6. The lowest BCUT2D eigenvalue weighted by atomic mass is 10.2. The van der Waals surface area contributed by atoms with Gasteiger partial charge in [-0.25, -0.2) is 15.0 Å². The number of alkyl halides is 2. The summed E-state index contributed by atoms with van der Waals surface area (Å²) >= 11 is 0. The molecule has 2 aromatic heterocycles. The number of pyridine rings is 1. The molecular weight excluding hydrogens is 404 g/mol. The van der Waals surface area contributed by atoms with Gasteiger partial charge in [0.15, 0.2) is 11.6 Å². The summed E-state index contributed by atoms with van der Waals surface area (Å²) in [5.41, 5.74) is 6.37. The van der Waals surface area contributed by atoms with Crippen LogP contribution in [0.3, 0.4) is 0 Å². The monoisotopic (exact) mass is 429 g/mol. The second-order valence-electron chi connectivity index (χ2n) is 5.96. The van der Waals surface area contributed by atoms with E-state index in [0.717, 1.165) is 0 Å². The Morgan fingerprint density at radius 1 is 1.34 bits per heavy atom. The fourth-order valence-electron chi connectivity index (χ4n) is 2.66. The van der Waals surface area contributed by atoms with Crippen LogP contribution in [0.5, 0.6) is 5.75 Å². The van der Waals surface area contributed by atoms with Crippen LogP contribution >= 0.6 is 0 Å². The Morgan fingerprint density at radius 3 is 2.69 bits per heavy atom. The second-order valence-corrected chi connectivity index (χ2v) is 7.23. The van der Waals surface area contributed by atoms with Crippen molar-refractivity contribution in [3.05, 3.63) is 18.3 Å². The molecule has 0 amide bonds. The van der Waals surface area contributed by atoms with E-state index < -0.39 is 17.4 Å². The maximum Gasteiger partial charge on any atom is 0.387 e. The second kappa shape index (κ2) is 10.4. The van der Waals surface area contributed by atoms with Gasteiger partial charge in [0.1, 0.15) is 5.82 Å². The summed E-state index contributed by atoms with van der Waals surface area (Å²) < 4.78 is 47.0. The van der Waals surface area contributed by atoms with Crippen LogP contribution in [0.25, 0.3) is 11.3 Å². The molecule has 0 radical (unpaired) electrons. The van der Waals surface area contributed by atoms with Crippen molar-refractivity contribution in [2.75, 3.05) is 36.6 Å². The molecule has 1 fully saturated rings. The van der Waals surface area contributed by atoms with Crippen LogP contribution in [-0.4, -0.2) is 57.8 Å². The first kappa shape index (κ1) is 22.9. The predicted molar refractivity (Wildman–Crippen MR) is 108 cm³/mol. The molecule has 160 valence electrons. The Hall–Kier alpha value is -2.40. The lowest BCUT2D eigenvalue weighted by Crippen LogP contribution is -2.41. The van der Waals surface area contributed by atoms with Gasteiger partial charge >= 0.3 is 6.61 Å².